The van der Waals surface area contributed by atoms with Gasteiger partial charge in [0.1, 0.15) is 0 Å². The quantitative estimate of drug-likeness (QED) is 0.557. The number of anilines is 1. The summed E-state index contributed by atoms with van der Waals surface area (Å²) in [4.78, 5) is 33.7. The molecule has 5 atom stereocenters. The molecule has 0 spiro atoms. The number of hydrogen-bond acceptors (Lipinski definition) is 6. The van der Waals surface area contributed by atoms with E-state index in [2.05, 4.69) is 12.2 Å². The highest BCUT2D eigenvalue weighted by Gasteiger charge is 2.59. The summed E-state index contributed by atoms with van der Waals surface area (Å²) in [6.45, 7) is 9.43. The maximum atomic E-state index is 13.2. The van der Waals surface area contributed by atoms with E-state index in [1.807, 2.05) is 25.7 Å². The lowest BCUT2D eigenvalue weighted by molar-refractivity contribution is -0.147. The maximum absolute atomic E-state index is 13.2. The number of aliphatic hydroxyl groups excluding tert-OH is 2. The first-order valence-corrected chi connectivity index (χ1v) is 13.4. The third kappa shape index (κ3) is 4.12. The van der Waals surface area contributed by atoms with Gasteiger partial charge in [0.2, 0.25) is 11.8 Å². The second kappa shape index (κ2) is 9.27. The van der Waals surface area contributed by atoms with Crippen molar-refractivity contribution in [2.45, 2.75) is 84.7 Å². The van der Waals surface area contributed by atoms with Crippen LogP contribution in [0.5, 0.6) is 0 Å². The van der Waals surface area contributed by atoms with Gasteiger partial charge in [-0.25, -0.2) is 4.98 Å². The molecule has 0 radical (unpaired) electrons. The van der Waals surface area contributed by atoms with Crippen molar-refractivity contribution in [3.8, 4) is 0 Å². The Hall–Kier alpha value is -1.51. The molecule has 7 nitrogen and oxygen atoms in total. The van der Waals surface area contributed by atoms with Crippen LogP contribution in [0, 0.1) is 22.7 Å². The van der Waals surface area contributed by atoms with E-state index in [9.17, 15) is 19.8 Å². The van der Waals surface area contributed by atoms with Gasteiger partial charge in [-0.15, -0.1) is 11.3 Å². The van der Waals surface area contributed by atoms with Crippen molar-refractivity contribution >= 4 is 28.3 Å². The Labute approximate surface area is 201 Å². The summed E-state index contributed by atoms with van der Waals surface area (Å²) in [6.07, 6.45) is 4.84. The third-order valence-corrected chi connectivity index (χ3v) is 10.1. The fraction of sp³-hybridized carbons (Fsp3) is 0.800. The van der Waals surface area contributed by atoms with Crippen LogP contribution in [0.25, 0.3) is 0 Å². The van der Waals surface area contributed by atoms with Gasteiger partial charge in [0.05, 0.1) is 18.4 Å². The van der Waals surface area contributed by atoms with E-state index in [4.69, 9.17) is 4.98 Å². The molecule has 184 valence electrons. The van der Waals surface area contributed by atoms with Crippen molar-refractivity contribution in [3.05, 3.63) is 10.6 Å². The smallest absolute Gasteiger partial charge is 0.229 e. The molecule has 1 aromatic heterocycles. The van der Waals surface area contributed by atoms with Crippen molar-refractivity contribution in [2.75, 3.05) is 25.0 Å². The van der Waals surface area contributed by atoms with Crippen LogP contribution in [0.2, 0.25) is 0 Å². The van der Waals surface area contributed by atoms with Gasteiger partial charge in [0.15, 0.2) is 5.13 Å². The van der Waals surface area contributed by atoms with Gasteiger partial charge in [-0.3, -0.25) is 9.59 Å². The number of fused-ring (bicyclic) bond motifs is 2. The van der Waals surface area contributed by atoms with Crippen LogP contribution in [-0.4, -0.2) is 57.7 Å². The predicted octanol–water partition coefficient (Wildman–Crippen LogP) is 3.56. The summed E-state index contributed by atoms with van der Waals surface area (Å²) < 4.78 is 0. The Bertz CT molecular complexity index is 896. The molecule has 1 aromatic rings. The number of hydrogen-bond donors (Lipinski definition) is 3. The van der Waals surface area contributed by atoms with Gasteiger partial charge in [0, 0.05) is 41.6 Å². The zero-order valence-electron chi connectivity index (χ0n) is 20.4. The van der Waals surface area contributed by atoms with Gasteiger partial charge in [-0.05, 0) is 57.3 Å². The number of carbonyl (C=O) groups excluding carboxylic acids is 2. The third-order valence-electron chi connectivity index (χ3n) is 9.09. The highest BCUT2D eigenvalue weighted by Crippen LogP contribution is 2.63. The summed E-state index contributed by atoms with van der Waals surface area (Å²) in [5.41, 5.74) is 0.0240. The van der Waals surface area contributed by atoms with Crippen LogP contribution >= 0.6 is 11.3 Å². The molecule has 2 amide bonds. The average molecular weight is 478 g/mol. The minimum Gasteiger partial charge on any atom is -0.396 e. The Morgan fingerprint density at radius 2 is 1.91 bits per heavy atom. The summed E-state index contributed by atoms with van der Waals surface area (Å²) >= 11 is 1.50. The van der Waals surface area contributed by atoms with Gasteiger partial charge in [-0.2, -0.15) is 0 Å². The van der Waals surface area contributed by atoms with Gasteiger partial charge >= 0.3 is 0 Å². The molecule has 0 saturated heterocycles. The summed E-state index contributed by atoms with van der Waals surface area (Å²) in [7, 11) is 0. The number of nitrogens with one attached hydrogen (secondary N) is 1. The SMILES string of the molecule is CCN(CC)C(=O)CC1c2nc(NC(=O)C3CCC3)sc2CC2C(C)(CO)C(O)CCC12C. The molecule has 3 aliphatic rings. The second-order valence-electron chi connectivity index (χ2n) is 10.7. The highest BCUT2D eigenvalue weighted by molar-refractivity contribution is 7.15. The first kappa shape index (κ1) is 24.6. The van der Waals surface area contributed by atoms with E-state index in [0.29, 0.717) is 37.5 Å². The first-order chi connectivity index (χ1) is 15.7. The van der Waals surface area contributed by atoms with E-state index in [1.54, 1.807) is 0 Å². The van der Waals surface area contributed by atoms with Crippen LogP contribution in [-0.2, 0) is 16.0 Å². The van der Waals surface area contributed by atoms with E-state index >= 15 is 0 Å². The lowest BCUT2D eigenvalue weighted by Crippen LogP contribution is -2.57. The van der Waals surface area contributed by atoms with Crippen molar-refractivity contribution < 1.29 is 19.8 Å². The van der Waals surface area contributed by atoms with Gasteiger partial charge < -0.3 is 20.4 Å². The lowest BCUT2D eigenvalue weighted by Gasteiger charge is -2.58. The van der Waals surface area contributed by atoms with Crippen molar-refractivity contribution in [1.29, 1.82) is 0 Å². The van der Waals surface area contributed by atoms with Gasteiger partial charge in [0.25, 0.3) is 0 Å². The molecule has 4 rings (SSSR count). The van der Waals surface area contributed by atoms with Crippen molar-refractivity contribution in [2.24, 2.45) is 22.7 Å². The standard InChI is InChI=1S/C25H39N3O4S/c1-5-28(6-2)20(31)12-16-21-17(33-23(26-21)27-22(32)15-8-7-9-15)13-18-24(16,3)11-10-19(30)25(18,4)14-29/h15-16,18-19,29-30H,5-14H2,1-4H3,(H,26,27,32). The zero-order chi connectivity index (χ0) is 24.0. The molecule has 0 aliphatic heterocycles. The van der Waals surface area contributed by atoms with Crippen molar-refractivity contribution in [1.82, 2.24) is 9.88 Å². The van der Waals surface area contributed by atoms with Crippen molar-refractivity contribution in [3.63, 3.8) is 0 Å². The fourth-order valence-electron chi connectivity index (χ4n) is 6.46. The van der Waals surface area contributed by atoms with Crippen LogP contribution in [0.15, 0.2) is 0 Å². The Morgan fingerprint density at radius 3 is 2.48 bits per heavy atom. The molecule has 1 heterocycles. The number of nitrogens with zero attached hydrogens (tertiary/aromatic N) is 2. The monoisotopic (exact) mass is 477 g/mol. The molecule has 33 heavy (non-hydrogen) atoms. The van der Waals surface area contributed by atoms with E-state index < -0.39 is 11.5 Å². The molecule has 5 unspecified atom stereocenters. The van der Waals surface area contributed by atoms with E-state index in [0.717, 1.165) is 36.3 Å². The second-order valence-corrected chi connectivity index (χ2v) is 11.8. The molecular formula is C25H39N3O4S. The number of thiazole rings is 1. The molecule has 8 heteroatoms. The molecular weight excluding hydrogens is 438 g/mol. The van der Waals surface area contributed by atoms with E-state index in [1.165, 1.54) is 11.3 Å². The number of aromatic nitrogens is 1. The molecule has 0 bridgehead atoms. The average Bonchev–Trinajstić information content (AvgIpc) is 3.14. The zero-order valence-corrected chi connectivity index (χ0v) is 21.2. The van der Waals surface area contributed by atoms with E-state index in [-0.39, 0.29) is 41.6 Å². The summed E-state index contributed by atoms with van der Waals surface area (Å²) in [6, 6.07) is 0. The predicted molar refractivity (Wildman–Crippen MR) is 129 cm³/mol. The topological polar surface area (TPSA) is 103 Å². The largest absolute Gasteiger partial charge is 0.396 e. The minimum absolute atomic E-state index is 0.0244. The molecule has 3 aliphatic carbocycles. The maximum Gasteiger partial charge on any atom is 0.229 e. The summed E-state index contributed by atoms with van der Waals surface area (Å²) in [5, 5.41) is 24.9. The van der Waals surface area contributed by atoms with Crippen LogP contribution in [0.4, 0.5) is 5.13 Å². The first-order valence-electron chi connectivity index (χ1n) is 12.5. The number of rotatable bonds is 7. The molecule has 2 saturated carbocycles. The minimum atomic E-state index is -0.638. The number of amides is 2. The Kier molecular flexibility index (Phi) is 6.91. The highest BCUT2D eigenvalue weighted by atomic mass is 32.1. The summed E-state index contributed by atoms with van der Waals surface area (Å²) in [5.74, 6) is 0.156. The van der Waals surface area contributed by atoms with Crippen LogP contribution < -0.4 is 5.32 Å². The number of carbonyl (C=O) groups is 2. The Morgan fingerprint density at radius 1 is 1.21 bits per heavy atom. The van der Waals surface area contributed by atoms with Gasteiger partial charge in [-0.1, -0.05) is 20.3 Å². The Balaban J connectivity index is 1.72. The molecule has 3 N–H and O–H groups in total. The normalized spacial score (nSPS) is 33.6. The van der Waals surface area contributed by atoms with Crippen LogP contribution in [0.1, 0.15) is 82.7 Å². The van der Waals surface area contributed by atoms with Crippen LogP contribution in [0.3, 0.4) is 0 Å². The fourth-order valence-corrected chi connectivity index (χ4v) is 7.53. The number of aliphatic hydroxyl groups is 2. The molecule has 2 fully saturated rings. The lowest BCUT2D eigenvalue weighted by atomic mass is 9.47. The molecule has 0 aromatic carbocycles.